The molecule has 0 aliphatic rings. The Morgan fingerprint density at radius 1 is 1.04 bits per heavy atom. The maximum Gasteiger partial charge on any atom is 0.416 e. The number of benzene rings is 2. The van der Waals surface area contributed by atoms with E-state index in [1.807, 2.05) is 6.92 Å². The first-order chi connectivity index (χ1) is 12.5. The van der Waals surface area contributed by atoms with Crippen LogP contribution in [-0.2, 0) is 19.2 Å². The van der Waals surface area contributed by atoms with Crippen LogP contribution < -0.4 is 4.74 Å². The molecule has 0 fully saturated rings. The van der Waals surface area contributed by atoms with Gasteiger partial charge in [0.25, 0.3) is 0 Å². The van der Waals surface area contributed by atoms with E-state index in [4.69, 9.17) is 9.15 Å². The fourth-order valence-corrected chi connectivity index (χ4v) is 2.38. The zero-order chi connectivity index (χ0) is 18.6. The average Bonchev–Trinajstić information content (AvgIpc) is 3.09. The Kier molecular flexibility index (Phi) is 5.25. The van der Waals surface area contributed by atoms with E-state index in [9.17, 15) is 13.2 Å². The van der Waals surface area contributed by atoms with Gasteiger partial charge in [-0.3, -0.25) is 0 Å². The second-order valence-corrected chi connectivity index (χ2v) is 5.76. The highest BCUT2D eigenvalue weighted by atomic mass is 19.4. The zero-order valence-corrected chi connectivity index (χ0v) is 14.1. The number of aryl methyl sites for hydroxylation is 1. The topological polar surface area (TPSA) is 48.2 Å². The van der Waals surface area contributed by atoms with Crippen molar-refractivity contribution in [2.45, 2.75) is 32.5 Å². The molecule has 1 heterocycles. The minimum Gasteiger partial charge on any atom is -0.489 e. The molecule has 3 rings (SSSR count). The summed E-state index contributed by atoms with van der Waals surface area (Å²) >= 11 is 0. The Labute approximate surface area is 148 Å². The van der Waals surface area contributed by atoms with Crippen molar-refractivity contribution in [1.82, 2.24) is 10.2 Å². The van der Waals surface area contributed by atoms with Crippen LogP contribution in [0, 0.1) is 0 Å². The van der Waals surface area contributed by atoms with Gasteiger partial charge < -0.3 is 9.15 Å². The molecule has 3 aromatic rings. The van der Waals surface area contributed by atoms with Crippen molar-refractivity contribution >= 4 is 0 Å². The molecular weight excluding hydrogens is 345 g/mol. The van der Waals surface area contributed by atoms with Crippen molar-refractivity contribution < 1.29 is 22.3 Å². The van der Waals surface area contributed by atoms with Crippen molar-refractivity contribution in [2.75, 3.05) is 0 Å². The third-order valence-electron chi connectivity index (χ3n) is 3.69. The molecule has 0 aliphatic carbocycles. The molecule has 0 unspecified atom stereocenters. The van der Waals surface area contributed by atoms with Gasteiger partial charge in [-0.15, -0.1) is 10.2 Å². The third kappa shape index (κ3) is 4.41. The van der Waals surface area contributed by atoms with E-state index >= 15 is 0 Å². The van der Waals surface area contributed by atoms with Crippen LogP contribution in [0.5, 0.6) is 5.75 Å². The summed E-state index contributed by atoms with van der Waals surface area (Å²) in [6.45, 7) is 2.07. The number of alkyl halides is 3. The lowest BCUT2D eigenvalue weighted by molar-refractivity contribution is -0.137. The first kappa shape index (κ1) is 18.0. The third-order valence-corrected chi connectivity index (χ3v) is 3.69. The lowest BCUT2D eigenvalue weighted by Gasteiger charge is -2.10. The molecule has 2 aromatic carbocycles. The Morgan fingerprint density at radius 2 is 1.81 bits per heavy atom. The summed E-state index contributed by atoms with van der Waals surface area (Å²) < 4.78 is 49.3. The van der Waals surface area contributed by atoms with Gasteiger partial charge in [0.1, 0.15) is 12.4 Å². The summed E-state index contributed by atoms with van der Waals surface area (Å²) in [6.07, 6.45) is -2.71. The van der Waals surface area contributed by atoms with Crippen LogP contribution in [-0.4, -0.2) is 10.2 Å². The van der Waals surface area contributed by atoms with Gasteiger partial charge in [-0.2, -0.15) is 13.2 Å². The molecule has 7 heteroatoms. The molecule has 0 N–H and O–H groups in total. The van der Waals surface area contributed by atoms with E-state index in [2.05, 4.69) is 10.2 Å². The van der Waals surface area contributed by atoms with Crippen LogP contribution in [0.15, 0.2) is 52.9 Å². The van der Waals surface area contributed by atoms with Crippen LogP contribution in [0.3, 0.4) is 0 Å². The number of aromatic nitrogens is 2. The van der Waals surface area contributed by atoms with Crippen molar-refractivity contribution in [3.8, 4) is 17.2 Å². The molecule has 4 nitrogen and oxygen atoms in total. The molecule has 0 aliphatic heterocycles. The van der Waals surface area contributed by atoms with Crippen molar-refractivity contribution in [3.05, 3.63) is 65.5 Å². The van der Waals surface area contributed by atoms with Gasteiger partial charge in [0, 0.05) is 12.0 Å². The maximum absolute atomic E-state index is 12.7. The number of nitrogens with zero attached hydrogens (tertiary/aromatic N) is 2. The van der Waals surface area contributed by atoms with Crippen LogP contribution in [0.2, 0.25) is 0 Å². The van der Waals surface area contributed by atoms with Gasteiger partial charge in [-0.05, 0) is 48.4 Å². The standard InChI is InChI=1S/C19H17F3N2O2/c1-2-4-17-23-24-18(26-17)14-7-9-16(10-8-14)25-12-13-5-3-6-15(11-13)19(20,21)22/h3,5-11H,2,4,12H2,1H3. The van der Waals surface area contributed by atoms with Gasteiger partial charge >= 0.3 is 6.18 Å². The van der Waals surface area contributed by atoms with Gasteiger partial charge in [0.05, 0.1) is 5.56 Å². The van der Waals surface area contributed by atoms with Gasteiger partial charge in [-0.1, -0.05) is 19.1 Å². The Bertz CT molecular complexity index is 858. The monoisotopic (exact) mass is 362 g/mol. The Hall–Kier alpha value is -2.83. The number of rotatable bonds is 6. The Balaban J connectivity index is 1.64. The predicted octanol–water partition coefficient (Wildman–Crippen LogP) is 5.29. The molecule has 1 aromatic heterocycles. The molecule has 0 bridgehead atoms. The van der Waals surface area contributed by atoms with Crippen molar-refractivity contribution in [1.29, 1.82) is 0 Å². The minimum atomic E-state index is -4.36. The van der Waals surface area contributed by atoms with Gasteiger partial charge in [-0.25, -0.2) is 0 Å². The van der Waals surface area contributed by atoms with Crippen molar-refractivity contribution in [3.63, 3.8) is 0 Å². The number of hydrogen-bond acceptors (Lipinski definition) is 4. The maximum atomic E-state index is 12.7. The lowest BCUT2D eigenvalue weighted by Crippen LogP contribution is -2.06. The largest absolute Gasteiger partial charge is 0.489 e. The molecule has 26 heavy (non-hydrogen) atoms. The molecule has 0 saturated heterocycles. The molecule has 0 saturated carbocycles. The number of halogens is 3. The molecule has 0 radical (unpaired) electrons. The second-order valence-electron chi connectivity index (χ2n) is 5.76. The SMILES string of the molecule is CCCc1nnc(-c2ccc(OCc3cccc(C(F)(F)F)c3)cc2)o1. The van der Waals surface area contributed by atoms with E-state index in [0.717, 1.165) is 30.5 Å². The summed E-state index contributed by atoms with van der Waals surface area (Å²) in [7, 11) is 0. The molecule has 136 valence electrons. The summed E-state index contributed by atoms with van der Waals surface area (Å²) in [5.41, 5.74) is 0.518. The first-order valence-corrected chi connectivity index (χ1v) is 8.17. The molecule has 0 spiro atoms. The highest BCUT2D eigenvalue weighted by molar-refractivity contribution is 5.54. The summed E-state index contributed by atoms with van der Waals surface area (Å²) in [5.74, 6) is 1.56. The zero-order valence-electron chi connectivity index (χ0n) is 14.1. The average molecular weight is 362 g/mol. The normalized spacial score (nSPS) is 11.5. The first-order valence-electron chi connectivity index (χ1n) is 8.17. The number of hydrogen-bond donors (Lipinski definition) is 0. The smallest absolute Gasteiger partial charge is 0.416 e. The second kappa shape index (κ2) is 7.59. The molecular formula is C19H17F3N2O2. The van der Waals surface area contributed by atoms with Crippen LogP contribution in [0.25, 0.3) is 11.5 Å². The summed E-state index contributed by atoms with van der Waals surface area (Å²) in [6, 6.07) is 12.1. The highest BCUT2D eigenvalue weighted by Gasteiger charge is 2.30. The quantitative estimate of drug-likeness (QED) is 0.598. The van der Waals surface area contributed by atoms with Crippen LogP contribution in [0.4, 0.5) is 13.2 Å². The fraction of sp³-hybridized carbons (Fsp3) is 0.263. The van der Waals surface area contributed by atoms with E-state index in [0.29, 0.717) is 23.1 Å². The summed E-state index contributed by atoms with van der Waals surface area (Å²) in [4.78, 5) is 0. The highest BCUT2D eigenvalue weighted by Crippen LogP contribution is 2.30. The minimum absolute atomic E-state index is 0.0461. The van der Waals surface area contributed by atoms with Crippen LogP contribution in [0.1, 0.15) is 30.4 Å². The molecule has 0 atom stereocenters. The van der Waals surface area contributed by atoms with E-state index < -0.39 is 11.7 Å². The molecule has 0 amide bonds. The van der Waals surface area contributed by atoms with Gasteiger partial charge in [0.2, 0.25) is 11.8 Å². The van der Waals surface area contributed by atoms with Crippen molar-refractivity contribution in [2.24, 2.45) is 0 Å². The van der Waals surface area contributed by atoms with E-state index in [1.165, 1.54) is 6.07 Å². The van der Waals surface area contributed by atoms with E-state index in [1.54, 1.807) is 30.3 Å². The fourth-order valence-electron chi connectivity index (χ4n) is 2.38. The lowest BCUT2D eigenvalue weighted by atomic mass is 10.1. The summed E-state index contributed by atoms with van der Waals surface area (Å²) in [5, 5.41) is 7.97. The number of ether oxygens (including phenoxy) is 1. The van der Waals surface area contributed by atoms with Gasteiger partial charge in [0.15, 0.2) is 0 Å². The van der Waals surface area contributed by atoms with Crippen LogP contribution >= 0.6 is 0 Å². The van der Waals surface area contributed by atoms with E-state index in [-0.39, 0.29) is 6.61 Å². The Morgan fingerprint density at radius 3 is 2.50 bits per heavy atom. The predicted molar refractivity (Wildman–Crippen MR) is 89.5 cm³/mol.